The molecule has 1 aliphatic heterocycles. The molecule has 1 saturated heterocycles. The number of hydrogen-bond donors (Lipinski definition) is 1. The van der Waals surface area contributed by atoms with Crippen LogP contribution in [-0.2, 0) is 4.74 Å². The third kappa shape index (κ3) is 1.59. The van der Waals surface area contributed by atoms with Crippen molar-refractivity contribution in [3.05, 3.63) is 0 Å². The van der Waals surface area contributed by atoms with Gasteiger partial charge < -0.3 is 10.1 Å². The maximum absolute atomic E-state index is 5.14. The molecule has 1 rings (SSSR count). The van der Waals surface area contributed by atoms with Crippen molar-refractivity contribution in [2.75, 3.05) is 13.2 Å². The molecular weight excluding hydrogens is 116 g/mol. The number of nitrogens with zero attached hydrogens (tertiary/aromatic N) is 1. The fourth-order valence-electron chi connectivity index (χ4n) is 0.733. The maximum atomic E-state index is 5.14. The zero-order valence-electron chi connectivity index (χ0n) is 5.85. The number of amidine groups is 1. The molecule has 52 valence electrons. The Kier molecular flexibility index (Phi) is 1.92. The smallest absolute Gasteiger partial charge is 0.284 e. The van der Waals surface area contributed by atoms with Crippen LogP contribution in [0.15, 0.2) is 4.99 Å². The van der Waals surface area contributed by atoms with E-state index in [1.807, 2.05) is 6.92 Å². The largest absolute Gasteiger partial charge is 0.463 e. The van der Waals surface area contributed by atoms with E-state index in [4.69, 9.17) is 4.74 Å². The Morgan fingerprint density at radius 1 is 1.89 bits per heavy atom. The van der Waals surface area contributed by atoms with Gasteiger partial charge in [0.2, 0.25) is 0 Å². The molecule has 1 fully saturated rings. The van der Waals surface area contributed by atoms with Gasteiger partial charge in [-0.3, -0.25) is 0 Å². The number of ether oxygens (including phenoxy) is 1. The first-order valence-electron chi connectivity index (χ1n) is 3.26. The zero-order chi connectivity index (χ0) is 6.69. The lowest BCUT2D eigenvalue weighted by molar-refractivity contribution is 0.330. The van der Waals surface area contributed by atoms with E-state index in [2.05, 4.69) is 17.2 Å². The fourth-order valence-corrected chi connectivity index (χ4v) is 0.733. The Labute approximate surface area is 55.1 Å². The Morgan fingerprint density at radius 3 is 3.11 bits per heavy atom. The highest BCUT2D eigenvalue weighted by atomic mass is 16.5. The van der Waals surface area contributed by atoms with Crippen LogP contribution in [0.4, 0.5) is 0 Å². The number of aliphatic imine (C=N–C) groups is 1. The van der Waals surface area contributed by atoms with Gasteiger partial charge >= 0.3 is 0 Å². The van der Waals surface area contributed by atoms with Gasteiger partial charge in [-0.2, -0.15) is 0 Å². The second-order valence-corrected chi connectivity index (χ2v) is 2.14. The van der Waals surface area contributed by atoms with Crippen LogP contribution in [0.25, 0.3) is 0 Å². The van der Waals surface area contributed by atoms with E-state index in [9.17, 15) is 0 Å². The summed E-state index contributed by atoms with van der Waals surface area (Å²) in [6.45, 7) is 5.59. The summed E-state index contributed by atoms with van der Waals surface area (Å²) in [4.78, 5) is 4.06. The van der Waals surface area contributed by atoms with E-state index in [0.717, 1.165) is 13.2 Å². The quantitative estimate of drug-likeness (QED) is 0.553. The van der Waals surface area contributed by atoms with Gasteiger partial charge in [-0.25, -0.2) is 4.99 Å². The van der Waals surface area contributed by atoms with Crippen LogP contribution in [0.5, 0.6) is 0 Å². The number of rotatable bonds is 1. The molecule has 1 aliphatic rings. The van der Waals surface area contributed by atoms with Crippen molar-refractivity contribution in [1.82, 2.24) is 5.32 Å². The standard InChI is InChI=1S/C6H12N2O/c1-3-7-6-8-5(2)4-9-6/h5H,3-4H2,1-2H3,(H,7,8)/t5-/m0/s1. The molecule has 3 nitrogen and oxygen atoms in total. The predicted octanol–water partition coefficient (Wildman–Crippen LogP) is 0.371. The minimum Gasteiger partial charge on any atom is -0.463 e. The molecule has 0 spiro atoms. The maximum Gasteiger partial charge on any atom is 0.284 e. The molecule has 1 atom stereocenters. The van der Waals surface area contributed by atoms with Gasteiger partial charge in [0.25, 0.3) is 6.02 Å². The monoisotopic (exact) mass is 128 g/mol. The summed E-state index contributed by atoms with van der Waals surface area (Å²) in [7, 11) is 0. The van der Waals surface area contributed by atoms with Crippen molar-refractivity contribution in [1.29, 1.82) is 0 Å². The van der Waals surface area contributed by atoms with Gasteiger partial charge in [0.15, 0.2) is 0 Å². The van der Waals surface area contributed by atoms with E-state index in [0.29, 0.717) is 12.1 Å². The van der Waals surface area contributed by atoms with Crippen LogP contribution in [0.2, 0.25) is 0 Å². The Bertz CT molecular complexity index is 122. The van der Waals surface area contributed by atoms with E-state index in [1.165, 1.54) is 0 Å². The van der Waals surface area contributed by atoms with Gasteiger partial charge in [0, 0.05) is 6.54 Å². The SMILES string of the molecule is CCN=C1N[C@@H](C)CO1. The number of hydrogen-bond acceptors (Lipinski definition) is 2. The van der Waals surface area contributed by atoms with Crippen LogP contribution in [0.1, 0.15) is 13.8 Å². The number of nitrogens with one attached hydrogen (secondary N) is 1. The second kappa shape index (κ2) is 2.71. The summed E-state index contributed by atoms with van der Waals surface area (Å²) in [5.41, 5.74) is 0. The Balaban J connectivity index is 2.38. The topological polar surface area (TPSA) is 33.6 Å². The third-order valence-electron chi connectivity index (χ3n) is 1.14. The molecule has 0 aromatic carbocycles. The first-order valence-corrected chi connectivity index (χ1v) is 3.26. The lowest BCUT2D eigenvalue weighted by Gasteiger charge is -1.95. The third-order valence-corrected chi connectivity index (χ3v) is 1.14. The molecule has 0 radical (unpaired) electrons. The summed E-state index contributed by atoms with van der Waals surface area (Å²) < 4.78 is 5.14. The van der Waals surface area contributed by atoms with Gasteiger partial charge in [-0.15, -0.1) is 0 Å². The van der Waals surface area contributed by atoms with Crippen LogP contribution in [-0.4, -0.2) is 25.2 Å². The average Bonchev–Trinajstić information content (AvgIpc) is 2.17. The van der Waals surface area contributed by atoms with Crippen LogP contribution in [0, 0.1) is 0 Å². The lowest BCUT2D eigenvalue weighted by Crippen LogP contribution is -2.23. The average molecular weight is 128 g/mol. The molecule has 0 bridgehead atoms. The molecule has 0 aromatic heterocycles. The highest BCUT2D eigenvalue weighted by Crippen LogP contribution is 1.95. The van der Waals surface area contributed by atoms with Gasteiger partial charge in [0.05, 0.1) is 6.04 Å². The summed E-state index contributed by atoms with van der Waals surface area (Å²) >= 11 is 0. The molecule has 0 saturated carbocycles. The molecule has 1 heterocycles. The summed E-state index contributed by atoms with van der Waals surface area (Å²) in [5.74, 6) is 0. The van der Waals surface area contributed by atoms with Crippen LogP contribution < -0.4 is 5.32 Å². The van der Waals surface area contributed by atoms with Crippen LogP contribution >= 0.6 is 0 Å². The first-order chi connectivity index (χ1) is 4.33. The molecule has 0 unspecified atom stereocenters. The van der Waals surface area contributed by atoms with E-state index in [-0.39, 0.29) is 0 Å². The molecular formula is C6H12N2O. The van der Waals surface area contributed by atoms with Crippen molar-refractivity contribution in [2.45, 2.75) is 19.9 Å². The van der Waals surface area contributed by atoms with Crippen molar-refractivity contribution < 1.29 is 4.74 Å². The Hall–Kier alpha value is -0.730. The molecule has 3 heteroatoms. The summed E-state index contributed by atoms with van der Waals surface area (Å²) in [6.07, 6.45) is 0. The minimum absolute atomic E-state index is 0.426. The predicted molar refractivity (Wildman–Crippen MR) is 36.5 cm³/mol. The van der Waals surface area contributed by atoms with Gasteiger partial charge in [0.1, 0.15) is 6.61 Å². The highest BCUT2D eigenvalue weighted by molar-refractivity contribution is 5.75. The Morgan fingerprint density at radius 2 is 2.67 bits per heavy atom. The van der Waals surface area contributed by atoms with Crippen molar-refractivity contribution >= 4 is 6.02 Å². The van der Waals surface area contributed by atoms with Crippen molar-refractivity contribution in [3.8, 4) is 0 Å². The van der Waals surface area contributed by atoms with Gasteiger partial charge in [-0.1, -0.05) is 0 Å². The normalized spacial score (nSPS) is 30.0. The van der Waals surface area contributed by atoms with Crippen molar-refractivity contribution in [3.63, 3.8) is 0 Å². The summed E-state index contributed by atoms with van der Waals surface area (Å²) in [6, 6.07) is 1.13. The van der Waals surface area contributed by atoms with Crippen LogP contribution in [0.3, 0.4) is 0 Å². The molecule has 0 aromatic rings. The molecule has 9 heavy (non-hydrogen) atoms. The minimum atomic E-state index is 0.426. The fraction of sp³-hybridized carbons (Fsp3) is 0.833. The highest BCUT2D eigenvalue weighted by Gasteiger charge is 2.14. The van der Waals surface area contributed by atoms with E-state index < -0.39 is 0 Å². The molecule has 0 aliphatic carbocycles. The zero-order valence-corrected chi connectivity index (χ0v) is 5.85. The summed E-state index contributed by atoms with van der Waals surface area (Å²) in [5, 5.41) is 3.08. The lowest BCUT2D eigenvalue weighted by atomic mass is 10.4. The van der Waals surface area contributed by atoms with E-state index in [1.54, 1.807) is 0 Å². The van der Waals surface area contributed by atoms with Gasteiger partial charge in [-0.05, 0) is 13.8 Å². The molecule has 0 amide bonds. The van der Waals surface area contributed by atoms with Crippen molar-refractivity contribution in [2.24, 2.45) is 4.99 Å². The molecule has 1 N–H and O–H groups in total. The second-order valence-electron chi connectivity index (χ2n) is 2.14. The first kappa shape index (κ1) is 6.39. The van der Waals surface area contributed by atoms with E-state index >= 15 is 0 Å².